The summed E-state index contributed by atoms with van der Waals surface area (Å²) < 4.78 is 66.5. The van der Waals surface area contributed by atoms with Crippen molar-refractivity contribution in [3.8, 4) is 5.75 Å². The Morgan fingerprint density at radius 2 is 1.58 bits per heavy atom. The molecule has 0 aliphatic carbocycles. The average molecular weight is 359 g/mol. The van der Waals surface area contributed by atoms with Crippen molar-refractivity contribution in [1.29, 1.82) is 0 Å². The van der Waals surface area contributed by atoms with Gasteiger partial charge < -0.3 is 4.74 Å². The van der Waals surface area contributed by atoms with E-state index in [0.717, 1.165) is 36.2 Å². The number of alkyl halides is 3. The number of sulfonamides is 1. The van der Waals surface area contributed by atoms with Crippen LogP contribution < -0.4 is 9.46 Å². The number of nitrogens with one attached hydrogen (secondary N) is 1. The molecule has 2 aromatic rings. The van der Waals surface area contributed by atoms with Crippen LogP contribution in [0.5, 0.6) is 5.75 Å². The highest BCUT2D eigenvalue weighted by Crippen LogP contribution is 2.23. The van der Waals surface area contributed by atoms with Crippen molar-refractivity contribution < 1.29 is 26.3 Å². The molecule has 130 valence electrons. The minimum atomic E-state index is -4.81. The third-order valence-electron chi connectivity index (χ3n) is 3.14. The molecular formula is C16H16F3NO3S. The number of aryl methyl sites for hydroxylation is 1. The summed E-state index contributed by atoms with van der Waals surface area (Å²) >= 11 is 0. The molecule has 0 heterocycles. The number of ether oxygens (including phenoxy) is 1. The van der Waals surface area contributed by atoms with Gasteiger partial charge in [-0.3, -0.25) is 0 Å². The summed E-state index contributed by atoms with van der Waals surface area (Å²) in [7, 11) is -3.76. The largest absolute Gasteiger partial charge is 0.573 e. The van der Waals surface area contributed by atoms with E-state index in [1.807, 2.05) is 30.3 Å². The van der Waals surface area contributed by atoms with Gasteiger partial charge in [-0.05, 0) is 42.7 Å². The van der Waals surface area contributed by atoms with Gasteiger partial charge in [0, 0.05) is 6.54 Å². The van der Waals surface area contributed by atoms with Crippen molar-refractivity contribution in [1.82, 2.24) is 4.72 Å². The minimum Gasteiger partial charge on any atom is -0.406 e. The lowest BCUT2D eigenvalue weighted by Crippen LogP contribution is -2.25. The van der Waals surface area contributed by atoms with Crippen LogP contribution in [-0.2, 0) is 16.4 Å². The van der Waals surface area contributed by atoms with Gasteiger partial charge in [0.15, 0.2) is 0 Å². The fraction of sp³-hybridized carbons (Fsp3) is 0.250. The highest BCUT2D eigenvalue weighted by atomic mass is 32.2. The first-order valence-electron chi connectivity index (χ1n) is 7.16. The van der Waals surface area contributed by atoms with E-state index in [1.165, 1.54) is 0 Å². The monoisotopic (exact) mass is 359 g/mol. The van der Waals surface area contributed by atoms with Crippen LogP contribution in [0.25, 0.3) is 0 Å². The lowest BCUT2D eigenvalue weighted by Gasteiger charge is -2.10. The molecule has 0 aromatic heterocycles. The molecular weight excluding hydrogens is 343 g/mol. The summed E-state index contributed by atoms with van der Waals surface area (Å²) in [5, 5.41) is 0. The Balaban J connectivity index is 1.88. The molecule has 4 nitrogen and oxygen atoms in total. The summed E-state index contributed by atoms with van der Waals surface area (Å²) in [6.07, 6.45) is -3.48. The summed E-state index contributed by atoms with van der Waals surface area (Å²) in [4.78, 5) is -0.114. The van der Waals surface area contributed by atoms with Gasteiger partial charge in [-0.1, -0.05) is 30.3 Å². The van der Waals surface area contributed by atoms with Gasteiger partial charge in [0.1, 0.15) is 5.75 Å². The molecule has 1 N–H and O–H groups in total. The van der Waals surface area contributed by atoms with Crippen molar-refractivity contribution in [2.75, 3.05) is 6.54 Å². The molecule has 0 atom stereocenters. The van der Waals surface area contributed by atoms with Gasteiger partial charge in [0.05, 0.1) is 4.90 Å². The van der Waals surface area contributed by atoms with Crippen molar-refractivity contribution in [3.05, 3.63) is 60.2 Å². The van der Waals surface area contributed by atoms with E-state index < -0.39 is 22.1 Å². The first kappa shape index (κ1) is 18.3. The van der Waals surface area contributed by atoms with E-state index in [-0.39, 0.29) is 11.4 Å². The fourth-order valence-electron chi connectivity index (χ4n) is 2.05. The molecule has 2 rings (SSSR count). The van der Waals surface area contributed by atoms with Crippen LogP contribution in [-0.4, -0.2) is 21.3 Å². The van der Waals surface area contributed by atoms with Gasteiger partial charge in [-0.2, -0.15) is 0 Å². The Labute approximate surface area is 138 Å². The maximum absolute atomic E-state index is 12.1. The van der Waals surface area contributed by atoms with Crippen molar-refractivity contribution in [2.24, 2.45) is 0 Å². The van der Waals surface area contributed by atoms with Crippen LogP contribution in [0.4, 0.5) is 13.2 Å². The van der Waals surface area contributed by atoms with E-state index in [1.54, 1.807) is 0 Å². The second kappa shape index (κ2) is 7.67. The highest BCUT2D eigenvalue weighted by molar-refractivity contribution is 7.89. The molecule has 0 spiro atoms. The van der Waals surface area contributed by atoms with Crippen LogP contribution in [0.1, 0.15) is 12.0 Å². The van der Waals surface area contributed by atoms with Crippen LogP contribution in [0, 0.1) is 0 Å². The molecule has 0 unspecified atom stereocenters. The zero-order valence-corrected chi connectivity index (χ0v) is 13.4. The summed E-state index contributed by atoms with van der Waals surface area (Å²) in [5.74, 6) is -0.467. The van der Waals surface area contributed by atoms with Gasteiger partial charge in [-0.15, -0.1) is 13.2 Å². The third kappa shape index (κ3) is 5.86. The summed E-state index contributed by atoms with van der Waals surface area (Å²) in [5.41, 5.74) is 1.10. The second-order valence-corrected chi connectivity index (χ2v) is 6.77. The maximum Gasteiger partial charge on any atom is 0.573 e. The molecule has 2 aromatic carbocycles. The SMILES string of the molecule is O=S(=O)(NCCCc1ccccc1)c1ccc(OC(F)(F)F)cc1. The Hall–Kier alpha value is -2.06. The Kier molecular flexibility index (Phi) is 5.84. The normalized spacial score (nSPS) is 12.1. The van der Waals surface area contributed by atoms with Crippen molar-refractivity contribution in [3.63, 3.8) is 0 Å². The van der Waals surface area contributed by atoms with E-state index in [9.17, 15) is 21.6 Å². The highest BCUT2D eigenvalue weighted by Gasteiger charge is 2.31. The lowest BCUT2D eigenvalue weighted by atomic mass is 10.1. The fourth-order valence-corrected chi connectivity index (χ4v) is 3.12. The van der Waals surface area contributed by atoms with Gasteiger partial charge in [0.2, 0.25) is 10.0 Å². The smallest absolute Gasteiger partial charge is 0.406 e. The molecule has 0 saturated heterocycles. The van der Waals surface area contributed by atoms with Crippen LogP contribution in [0.3, 0.4) is 0 Å². The van der Waals surface area contributed by atoms with Gasteiger partial charge >= 0.3 is 6.36 Å². The Bertz CT molecular complexity index is 744. The van der Waals surface area contributed by atoms with E-state index in [0.29, 0.717) is 6.42 Å². The van der Waals surface area contributed by atoms with E-state index >= 15 is 0 Å². The van der Waals surface area contributed by atoms with Crippen LogP contribution in [0.15, 0.2) is 59.5 Å². The number of hydrogen-bond donors (Lipinski definition) is 1. The van der Waals surface area contributed by atoms with E-state index in [4.69, 9.17) is 0 Å². The Morgan fingerprint density at radius 1 is 0.958 bits per heavy atom. The molecule has 0 aliphatic rings. The summed E-state index contributed by atoms with van der Waals surface area (Å²) in [6, 6.07) is 13.7. The average Bonchev–Trinajstić information content (AvgIpc) is 2.52. The zero-order chi connectivity index (χ0) is 17.6. The zero-order valence-electron chi connectivity index (χ0n) is 12.6. The molecule has 0 radical (unpaired) electrons. The van der Waals surface area contributed by atoms with Gasteiger partial charge in [-0.25, -0.2) is 13.1 Å². The molecule has 24 heavy (non-hydrogen) atoms. The first-order valence-corrected chi connectivity index (χ1v) is 8.64. The standard InChI is InChI=1S/C16H16F3NO3S/c17-16(18,19)23-14-8-10-15(11-9-14)24(21,22)20-12-4-7-13-5-2-1-3-6-13/h1-3,5-6,8-11,20H,4,7,12H2. The Morgan fingerprint density at radius 3 is 2.17 bits per heavy atom. The topological polar surface area (TPSA) is 55.4 Å². The minimum absolute atomic E-state index is 0.114. The second-order valence-electron chi connectivity index (χ2n) is 5.01. The maximum atomic E-state index is 12.1. The third-order valence-corrected chi connectivity index (χ3v) is 4.62. The van der Waals surface area contributed by atoms with Crippen molar-refractivity contribution >= 4 is 10.0 Å². The molecule has 0 aliphatic heterocycles. The molecule has 0 amide bonds. The van der Waals surface area contributed by atoms with Gasteiger partial charge in [0.25, 0.3) is 0 Å². The van der Waals surface area contributed by atoms with E-state index in [2.05, 4.69) is 9.46 Å². The molecule has 0 bridgehead atoms. The summed E-state index contributed by atoms with van der Waals surface area (Å²) in [6.45, 7) is 0.234. The quantitative estimate of drug-likeness (QED) is 0.770. The van der Waals surface area contributed by atoms with Crippen LogP contribution >= 0.6 is 0 Å². The number of hydrogen-bond acceptors (Lipinski definition) is 3. The van der Waals surface area contributed by atoms with Crippen LogP contribution in [0.2, 0.25) is 0 Å². The number of rotatable bonds is 7. The first-order chi connectivity index (χ1) is 11.3. The molecule has 0 fully saturated rings. The lowest BCUT2D eigenvalue weighted by molar-refractivity contribution is -0.274. The predicted octanol–water partition coefficient (Wildman–Crippen LogP) is 3.50. The molecule has 8 heteroatoms. The number of halogens is 3. The number of benzene rings is 2. The molecule has 0 saturated carbocycles. The van der Waals surface area contributed by atoms with Crippen molar-refractivity contribution in [2.45, 2.75) is 24.1 Å². The predicted molar refractivity (Wildman–Crippen MR) is 83.1 cm³/mol.